The summed E-state index contributed by atoms with van der Waals surface area (Å²) >= 11 is 0. The molecule has 0 bridgehead atoms. The van der Waals surface area contributed by atoms with Crippen molar-refractivity contribution in [3.8, 4) is 0 Å². The Balaban J connectivity index is 1.54. The van der Waals surface area contributed by atoms with E-state index in [9.17, 15) is 4.79 Å². The zero-order chi connectivity index (χ0) is 14.1. The number of ether oxygens (including phenoxy) is 1. The third-order valence-corrected chi connectivity index (χ3v) is 4.33. The van der Waals surface area contributed by atoms with Crippen molar-refractivity contribution in [2.75, 3.05) is 25.4 Å². The zero-order valence-electron chi connectivity index (χ0n) is 11.9. The normalized spacial score (nSPS) is 27.9. The fourth-order valence-electron chi connectivity index (χ4n) is 3.15. The Morgan fingerprint density at radius 3 is 2.75 bits per heavy atom. The molecule has 1 aromatic heterocycles. The highest BCUT2D eigenvalue weighted by molar-refractivity contribution is 5.79. The Bertz CT molecular complexity index is 479. The number of nitrogens with zero attached hydrogens (tertiary/aromatic N) is 3. The van der Waals surface area contributed by atoms with Crippen LogP contribution in [0, 0.1) is 5.92 Å². The van der Waals surface area contributed by atoms with Crippen LogP contribution in [0.25, 0.3) is 0 Å². The van der Waals surface area contributed by atoms with Crippen molar-refractivity contribution < 1.29 is 9.53 Å². The Morgan fingerprint density at radius 1 is 1.45 bits per heavy atom. The molecule has 20 heavy (non-hydrogen) atoms. The van der Waals surface area contributed by atoms with Gasteiger partial charge in [0.05, 0.1) is 24.7 Å². The van der Waals surface area contributed by atoms with Gasteiger partial charge in [-0.25, -0.2) is 0 Å². The van der Waals surface area contributed by atoms with Gasteiger partial charge in [-0.15, -0.1) is 0 Å². The van der Waals surface area contributed by atoms with Crippen LogP contribution in [-0.2, 0) is 9.53 Å². The molecule has 0 aliphatic carbocycles. The maximum Gasteiger partial charge on any atom is 0.228 e. The summed E-state index contributed by atoms with van der Waals surface area (Å²) < 4.78 is 7.42. The van der Waals surface area contributed by atoms with Gasteiger partial charge in [-0.3, -0.25) is 9.48 Å². The van der Waals surface area contributed by atoms with E-state index in [1.807, 2.05) is 28.8 Å². The van der Waals surface area contributed by atoms with Crippen LogP contribution in [0.3, 0.4) is 0 Å². The van der Waals surface area contributed by atoms with Crippen molar-refractivity contribution in [1.29, 1.82) is 0 Å². The van der Waals surface area contributed by atoms with Crippen molar-refractivity contribution in [3.05, 3.63) is 12.3 Å². The molecule has 2 saturated heterocycles. The number of nitrogens with two attached hydrogens (primary N) is 1. The van der Waals surface area contributed by atoms with Gasteiger partial charge >= 0.3 is 0 Å². The summed E-state index contributed by atoms with van der Waals surface area (Å²) in [4.78, 5) is 14.4. The van der Waals surface area contributed by atoms with Crippen LogP contribution in [0.15, 0.2) is 12.3 Å². The average molecular weight is 278 g/mol. The van der Waals surface area contributed by atoms with E-state index >= 15 is 0 Å². The van der Waals surface area contributed by atoms with Crippen molar-refractivity contribution in [1.82, 2.24) is 14.7 Å². The van der Waals surface area contributed by atoms with E-state index in [0.29, 0.717) is 18.5 Å². The summed E-state index contributed by atoms with van der Waals surface area (Å²) in [7, 11) is 0. The second-order valence-electron chi connectivity index (χ2n) is 5.85. The lowest BCUT2D eigenvalue weighted by molar-refractivity contribution is -0.136. The van der Waals surface area contributed by atoms with Gasteiger partial charge in [0.1, 0.15) is 5.82 Å². The number of hydrogen-bond donors (Lipinski definition) is 1. The molecule has 0 aromatic carbocycles. The molecule has 0 saturated carbocycles. The van der Waals surface area contributed by atoms with Crippen molar-refractivity contribution in [2.45, 2.75) is 38.3 Å². The zero-order valence-corrected chi connectivity index (χ0v) is 11.9. The number of likely N-dealkylation sites (tertiary alicyclic amines) is 1. The second-order valence-corrected chi connectivity index (χ2v) is 5.85. The van der Waals surface area contributed by atoms with E-state index in [1.165, 1.54) is 0 Å². The monoisotopic (exact) mass is 278 g/mol. The molecule has 110 valence electrons. The van der Waals surface area contributed by atoms with Crippen LogP contribution < -0.4 is 5.73 Å². The summed E-state index contributed by atoms with van der Waals surface area (Å²) in [6.07, 6.45) is 4.87. The molecule has 2 atom stereocenters. The number of aromatic nitrogens is 2. The molecule has 2 unspecified atom stereocenters. The molecular formula is C14H22N4O2. The molecule has 2 aliphatic heterocycles. The van der Waals surface area contributed by atoms with Crippen LogP contribution in [0.5, 0.6) is 0 Å². The fraction of sp³-hybridized carbons (Fsp3) is 0.714. The van der Waals surface area contributed by atoms with E-state index in [-0.39, 0.29) is 17.9 Å². The number of carbonyl (C=O) groups is 1. The number of anilines is 1. The lowest BCUT2D eigenvalue weighted by Gasteiger charge is -2.33. The van der Waals surface area contributed by atoms with Gasteiger partial charge in [0, 0.05) is 19.3 Å². The smallest absolute Gasteiger partial charge is 0.228 e. The van der Waals surface area contributed by atoms with Crippen LogP contribution in [0.4, 0.5) is 5.82 Å². The minimum absolute atomic E-state index is 0.0573. The number of amides is 1. The molecule has 2 fully saturated rings. The average Bonchev–Trinajstić information content (AvgIpc) is 3.07. The number of hydrogen-bond acceptors (Lipinski definition) is 4. The van der Waals surface area contributed by atoms with Gasteiger partial charge in [-0.2, -0.15) is 5.10 Å². The summed E-state index contributed by atoms with van der Waals surface area (Å²) in [6.45, 7) is 4.21. The lowest BCUT2D eigenvalue weighted by Crippen LogP contribution is -2.42. The molecule has 1 amide bonds. The second kappa shape index (κ2) is 5.44. The van der Waals surface area contributed by atoms with Crippen molar-refractivity contribution in [3.63, 3.8) is 0 Å². The predicted octanol–water partition coefficient (Wildman–Crippen LogP) is 1.05. The van der Waals surface area contributed by atoms with Crippen molar-refractivity contribution in [2.24, 2.45) is 5.92 Å². The third kappa shape index (κ3) is 2.65. The van der Waals surface area contributed by atoms with Crippen molar-refractivity contribution >= 4 is 11.7 Å². The minimum atomic E-state index is 0.0573. The van der Waals surface area contributed by atoms with E-state index < -0.39 is 0 Å². The topological polar surface area (TPSA) is 73.4 Å². The number of piperidine rings is 1. The first-order chi connectivity index (χ1) is 9.63. The van der Waals surface area contributed by atoms with Gasteiger partial charge in [0.2, 0.25) is 5.91 Å². The van der Waals surface area contributed by atoms with Gasteiger partial charge < -0.3 is 15.4 Å². The molecule has 6 heteroatoms. The van der Waals surface area contributed by atoms with E-state index in [1.54, 1.807) is 0 Å². The Hall–Kier alpha value is -1.56. The van der Waals surface area contributed by atoms with E-state index in [0.717, 1.165) is 32.4 Å². The Labute approximate surface area is 118 Å². The van der Waals surface area contributed by atoms with E-state index in [4.69, 9.17) is 10.5 Å². The SMILES string of the molecule is CC1CC(C(=O)N2CCC(n3ccc(N)n3)CC2)CO1. The van der Waals surface area contributed by atoms with Gasteiger partial charge in [-0.05, 0) is 32.3 Å². The maximum atomic E-state index is 12.4. The summed E-state index contributed by atoms with van der Waals surface area (Å²) in [6, 6.07) is 2.17. The fourth-order valence-corrected chi connectivity index (χ4v) is 3.15. The highest BCUT2D eigenvalue weighted by atomic mass is 16.5. The molecule has 2 aliphatic rings. The first kappa shape index (κ1) is 13.4. The van der Waals surface area contributed by atoms with Gasteiger partial charge in [0.15, 0.2) is 0 Å². The highest BCUT2D eigenvalue weighted by Crippen LogP contribution is 2.26. The van der Waals surface area contributed by atoms with Gasteiger partial charge in [0.25, 0.3) is 0 Å². The number of carbonyl (C=O) groups excluding carboxylic acids is 1. The van der Waals surface area contributed by atoms with Gasteiger partial charge in [-0.1, -0.05) is 0 Å². The largest absolute Gasteiger partial charge is 0.382 e. The van der Waals surface area contributed by atoms with E-state index in [2.05, 4.69) is 5.10 Å². The quantitative estimate of drug-likeness (QED) is 0.877. The molecule has 2 N–H and O–H groups in total. The molecule has 3 heterocycles. The lowest BCUT2D eigenvalue weighted by atomic mass is 10.0. The van der Waals surface area contributed by atoms with Crippen LogP contribution >= 0.6 is 0 Å². The van der Waals surface area contributed by atoms with Crippen LogP contribution in [-0.4, -0.2) is 46.4 Å². The first-order valence-corrected chi connectivity index (χ1v) is 7.34. The molecule has 3 rings (SSSR count). The summed E-state index contributed by atoms with van der Waals surface area (Å²) in [5.41, 5.74) is 5.65. The molecule has 0 spiro atoms. The van der Waals surface area contributed by atoms with Crippen LogP contribution in [0.1, 0.15) is 32.2 Å². The Kier molecular flexibility index (Phi) is 3.65. The van der Waals surface area contributed by atoms with Crippen LogP contribution in [0.2, 0.25) is 0 Å². The third-order valence-electron chi connectivity index (χ3n) is 4.33. The highest BCUT2D eigenvalue weighted by Gasteiger charge is 2.33. The first-order valence-electron chi connectivity index (χ1n) is 7.34. The predicted molar refractivity (Wildman–Crippen MR) is 75.0 cm³/mol. The molecular weight excluding hydrogens is 256 g/mol. The summed E-state index contributed by atoms with van der Waals surface area (Å²) in [5, 5.41) is 4.26. The number of rotatable bonds is 2. The molecule has 1 aromatic rings. The standard InChI is InChI=1S/C14H22N4O2/c1-10-8-11(9-20-10)14(19)17-5-2-12(3-6-17)18-7-4-13(15)16-18/h4,7,10-12H,2-3,5-6,8-9H2,1H3,(H2,15,16). The maximum absolute atomic E-state index is 12.4. The summed E-state index contributed by atoms with van der Waals surface area (Å²) in [5.74, 6) is 0.871. The Morgan fingerprint density at radius 2 is 2.20 bits per heavy atom. The number of nitrogen functional groups attached to an aromatic ring is 1. The molecule has 0 radical (unpaired) electrons. The minimum Gasteiger partial charge on any atom is -0.382 e. The molecule has 6 nitrogen and oxygen atoms in total.